The first-order chi connectivity index (χ1) is 8.66. The highest BCUT2D eigenvalue weighted by Crippen LogP contribution is 2.28. The van der Waals surface area contributed by atoms with Crippen molar-refractivity contribution in [3.63, 3.8) is 0 Å². The molecule has 0 atom stereocenters. The Morgan fingerprint density at radius 2 is 2.11 bits per heavy atom. The van der Waals surface area contributed by atoms with Gasteiger partial charge in [0.25, 0.3) is 0 Å². The SMILES string of the molecule is CC(C)c1ccc(OCc2cccnn2)c(Cl)c1. The van der Waals surface area contributed by atoms with Crippen molar-refractivity contribution in [1.82, 2.24) is 10.2 Å². The molecule has 0 saturated heterocycles. The van der Waals surface area contributed by atoms with Gasteiger partial charge in [0.15, 0.2) is 0 Å². The van der Waals surface area contributed by atoms with E-state index in [1.54, 1.807) is 6.20 Å². The summed E-state index contributed by atoms with van der Waals surface area (Å²) in [7, 11) is 0. The highest BCUT2D eigenvalue weighted by molar-refractivity contribution is 6.32. The highest BCUT2D eigenvalue weighted by Gasteiger charge is 2.06. The Labute approximate surface area is 112 Å². The molecule has 3 nitrogen and oxygen atoms in total. The first-order valence-corrected chi connectivity index (χ1v) is 6.23. The molecule has 0 aliphatic heterocycles. The average Bonchev–Trinajstić information content (AvgIpc) is 2.38. The minimum Gasteiger partial charge on any atom is -0.486 e. The number of hydrogen-bond acceptors (Lipinski definition) is 3. The van der Waals surface area contributed by atoms with Crippen LogP contribution in [0.2, 0.25) is 5.02 Å². The summed E-state index contributed by atoms with van der Waals surface area (Å²) >= 11 is 6.18. The van der Waals surface area contributed by atoms with E-state index in [0.717, 1.165) is 5.69 Å². The molecule has 0 saturated carbocycles. The topological polar surface area (TPSA) is 35.0 Å². The Balaban J connectivity index is 2.06. The van der Waals surface area contributed by atoms with Crippen LogP contribution in [0.4, 0.5) is 0 Å². The Bertz CT molecular complexity index is 514. The molecule has 0 aliphatic carbocycles. The third kappa shape index (κ3) is 3.20. The van der Waals surface area contributed by atoms with Crippen LogP contribution in [0.3, 0.4) is 0 Å². The second-order valence-corrected chi connectivity index (χ2v) is 4.76. The zero-order valence-electron chi connectivity index (χ0n) is 10.4. The molecule has 0 amide bonds. The lowest BCUT2D eigenvalue weighted by Crippen LogP contribution is -1.99. The van der Waals surface area contributed by atoms with Crippen LogP contribution in [0, 0.1) is 0 Å². The van der Waals surface area contributed by atoms with E-state index < -0.39 is 0 Å². The van der Waals surface area contributed by atoms with E-state index >= 15 is 0 Å². The van der Waals surface area contributed by atoms with Crippen LogP contribution in [0.15, 0.2) is 36.5 Å². The molecule has 1 aromatic carbocycles. The molecule has 2 aromatic rings. The minimum absolute atomic E-state index is 0.370. The minimum atomic E-state index is 0.370. The second-order valence-electron chi connectivity index (χ2n) is 4.35. The largest absolute Gasteiger partial charge is 0.486 e. The maximum atomic E-state index is 6.18. The van der Waals surface area contributed by atoms with Crippen molar-refractivity contribution in [3.05, 3.63) is 52.8 Å². The van der Waals surface area contributed by atoms with Gasteiger partial charge < -0.3 is 4.74 Å². The van der Waals surface area contributed by atoms with Gasteiger partial charge in [0.05, 0.1) is 5.02 Å². The molecule has 2 rings (SSSR count). The Kier molecular flexibility index (Phi) is 4.15. The molecule has 1 aromatic heterocycles. The first-order valence-electron chi connectivity index (χ1n) is 5.85. The van der Waals surface area contributed by atoms with Crippen molar-refractivity contribution in [3.8, 4) is 5.75 Å². The van der Waals surface area contributed by atoms with Crippen LogP contribution in [-0.2, 0) is 6.61 Å². The molecule has 4 heteroatoms. The van der Waals surface area contributed by atoms with Gasteiger partial charge in [-0.1, -0.05) is 31.5 Å². The Morgan fingerprint density at radius 1 is 1.28 bits per heavy atom. The highest BCUT2D eigenvalue weighted by atomic mass is 35.5. The molecule has 0 unspecified atom stereocenters. The van der Waals surface area contributed by atoms with Crippen LogP contribution in [0.5, 0.6) is 5.75 Å². The standard InChI is InChI=1S/C14H15ClN2O/c1-10(2)11-5-6-14(13(15)8-11)18-9-12-4-3-7-16-17-12/h3-8,10H,9H2,1-2H3. The molecular weight excluding hydrogens is 248 g/mol. The predicted octanol–water partition coefficient (Wildman–Crippen LogP) is 3.83. The van der Waals surface area contributed by atoms with Gasteiger partial charge in [0.2, 0.25) is 0 Å². The predicted molar refractivity (Wildman–Crippen MR) is 71.9 cm³/mol. The number of nitrogens with zero attached hydrogens (tertiary/aromatic N) is 2. The fraction of sp³-hybridized carbons (Fsp3) is 0.286. The van der Waals surface area contributed by atoms with Crippen LogP contribution in [0.25, 0.3) is 0 Å². The van der Waals surface area contributed by atoms with E-state index in [4.69, 9.17) is 16.3 Å². The Hall–Kier alpha value is -1.61. The van der Waals surface area contributed by atoms with Crippen LogP contribution < -0.4 is 4.74 Å². The van der Waals surface area contributed by atoms with E-state index in [9.17, 15) is 0 Å². The lowest BCUT2D eigenvalue weighted by molar-refractivity contribution is 0.300. The number of halogens is 1. The second kappa shape index (κ2) is 5.83. The number of benzene rings is 1. The molecular formula is C14H15ClN2O. The summed E-state index contributed by atoms with van der Waals surface area (Å²) in [5.41, 5.74) is 1.98. The fourth-order valence-corrected chi connectivity index (χ4v) is 1.80. The van der Waals surface area contributed by atoms with Crippen molar-refractivity contribution >= 4 is 11.6 Å². The van der Waals surface area contributed by atoms with E-state index in [-0.39, 0.29) is 0 Å². The first kappa shape index (κ1) is 12.8. The molecule has 18 heavy (non-hydrogen) atoms. The van der Waals surface area contributed by atoms with Gasteiger partial charge in [0.1, 0.15) is 18.1 Å². The van der Waals surface area contributed by atoms with E-state index in [1.165, 1.54) is 5.56 Å². The number of rotatable bonds is 4. The third-order valence-electron chi connectivity index (χ3n) is 2.63. The van der Waals surface area contributed by atoms with Crippen molar-refractivity contribution in [2.75, 3.05) is 0 Å². The van der Waals surface area contributed by atoms with E-state index in [1.807, 2.05) is 30.3 Å². The maximum absolute atomic E-state index is 6.18. The molecule has 0 aliphatic rings. The van der Waals surface area contributed by atoms with Gasteiger partial charge in [0, 0.05) is 6.20 Å². The zero-order chi connectivity index (χ0) is 13.0. The van der Waals surface area contributed by atoms with Crippen LogP contribution in [0.1, 0.15) is 31.0 Å². The van der Waals surface area contributed by atoms with Gasteiger partial charge in [-0.2, -0.15) is 10.2 Å². The van der Waals surface area contributed by atoms with Gasteiger partial charge >= 0.3 is 0 Å². The summed E-state index contributed by atoms with van der Waals surface area (Å²) in [6.45, 7) is 4.63. The summed E-state index contributed by atoms with van der Waals surface area (Å²) in [6, 6.07) is 9.56. The third-order valence-corrected chi connectivity index (χ3v) is 2.92. The van der Waals surface area contributed by atoms with Gasteiger partial charge in [-0.3, -0.25) is 0 Å². The van der Waals surface area contributed by atoms with Crippen molar-refractivity contribution in [1.29, 1.82) is 0 Å². The Morgan fingerprint density at radius 3 is 2.72 bits per heavy atom. The zero-order valence-corrected chi connectivity index (χ0v) is 11.2. The number of aromatic nitrogens is 2. The monoisotopic (exact) mass is 262 g/mol. The lowest BCUT2D eigenvalue weighted by atomic mass is 10.0. The molecule has 0 N–H and O–H groups in total. The van der Waals surface area contributed by atoms with Gasteiger partial charge in [-0.15, -0.1) is 0 Å². The summed E-state index contributed by atoms with van der Waals surface area (Å²) in [6.07, 6.45) is 1.63. The number of ether oxygens (including phenoxy) is 1. The van der Waals surface area contributed by atoms with Crippen molar-refractivity contribution in [2.24, 2.45) is 0 Å². The average molecular weight is 263 g/mol. The van der Waals surface area contributed by atoms with E-state index in [0.29, 0.717) is 23.3 Å². The number of hydrogen-bond donors (Lipinski definition) is 0. The van der Waals surface area contributed by atoms with Crippen molar-refractivity contribution in [2.45, 2.75) is 26.4 Å². The van der Waals surface area contributed by atoms with Gasteiger partial charge in [-0.25, -0.2) is 0 Å². The summed E-state index contributed by atoms with van der Waals surface area (Å²) < 4.78 is 5.62. The van der Waals surface area contributed by atoms with Crippen LogP contribution in [-0.4, -0.2) is 10.2 Å². The van der Waals surface area contributed by atoms with Crippen molar-refractivity contribution < 1.29 is 4.74 Å². The molecule has 1 heterocycles. The smallest absolute Gasteiger partial charge is 0.138 e. The summed E-state index contributed by atoms with van der Waals surface area (Å²) in [5, 5.41) is 8.37. The molecule has 0 radical (unpaired) electrons. The summed E-state index contributed by atoms with van der Waals surface area (Å²) in [5.74, 6) is 1.13. The quantitative estimate of drug-likeness (QED) is 0.840. The normalized spacial score (nSPS) is 10.7. The summed E-state index contributed by atoms with van der Waals surface area (Å²) in [4.78, 5) is 0. The van der Waals surface area contributed by atoms with Gasteiger partial charge in [-0.05, 0) is 35.7 Å². The van der Waals surface area contributed by atoms with E-state index in [2.05, 4.69) is 24.0 Å². The lowest BCUT2D eigenvalue weighted by Gasteiger charge is -2.10. The molecule has 0 spiro atoms. The molecule has 0 bridgehead atoms. The molecule has 94 valence electrons. The maximum Gasteiger partial charge on any atom is 0.138 e. The van der Waals surface area contributed by atoms with Crippen LogP contribution >= 0.6 is 11.6 Å². The fourth-order valence-electron chi connectivity index (χ4n) is 1.56. The molecule has 0 fully saturated rings.